The normalized spacial score (nSPS) is 19.7. The summed E-state index contributed by atoms with van der Waals surface area (Å²) in [6, 6.07) is 0. The molecule has 0 heterocycles. The third-order valence-corrected chi connectivity index (χ3v) is 4.25. The van der Waals surface area contributed by atoms with E-state index in [1.54, 1.807) is 0 Å². The lowest BCUT2D eigenvalue weighted by molar-refractivity contribution is 0.233. The Balaban J connectivity index is 2.08. The van der Waals surface area contributed by atoms with Crippen molar-refractivity contribution in [3.05, 3.63) is 0 Å². The standard InChI is InChI=1S/C15H31N/c1-4-5-6-7-8-9-12-15(2,13-16-3)14-10-11-14/h14,16H,4-13H2,1-3H3. The van der Waals surface area contributed by atoms with Gasteiger partial charge in [-0.3, -0.25) is 0 Å². The second kappa shape index (κ2) is 7.32. The molecule has 1 aliphatic rings. The molecule has 0 aromatic rings. The molecule has 1 nitrogen and oxygen atoms in total. The van der Waals surface area contributed by atoms with E-state index in [-0.39, 0.29) is 0 Å². The molecule has 0 radical (unpaired) electrons. The molecule has 0 spiro atoms. The van der Waals surface area contributed by atoms with Crippen molar-refractivity contribution >= 4 is 0 Å². The van der Waals surface area contributed by atoms with Crippen LogP contribution in [0.5, 0.6) is 0 Å². The van der Waals surface area contributed by atoms with Crippen molar-refractivity contribution in [3.8, 4) is 0 Å². The predicted octanol–water partition coefficient (Wildman–Crippen LogP) is 4.37. The Kier molecular flexibility index (Phi) is 6.41. The summed E-state index contributed by atoms with van der Waals surface area (Å²) in [5, 5.41) is 3.39. The van der Waals surface area contributed by atoms with Crippen LogP contribution >= 0.6 is 0 Å². The molecule has 1 atom stereocenters. The van der Waals surface area contributed by atoms with Gasteiger partial charge in [-0.1, -0.05) is 52.4 Å². The van der Waals surface area contributed by atoms with Crippen LogP contribution in [0.1, 0.15) is 71.6 Å². The van der Waals surface area contributed by atoms with E-state index >= 15 is 0 Å². The number of unbranched alkanes of at least 4 members (excludes halogenated alkanes) is 5. The number of rotatable bonds is 10. The van der Waals surface area contributed by atoms with E-state index in [0.29, 0.717) is 5.41 Å². The summed E-state index contributed by atoms with van der Waals surface area (Å²) >= 11 is 0. The first-order valence-corrected chi connectivity index (χ1v) is 7.37. The van der Waals surface area contributed by atoms with Gasteiger partial charge in [0.25, 0.3) is 0 Å². The van der Waals surface area contributed by atoms with E-state index in [9.17, 15) is 0 Å². The molecule has 1 saturated carbocycles. The number of hydrogen-bond donors (Lipinski definition) is 1. The minimum atomic E-state index is 0.597. The molecule has 0 aliphatic heterocycles. The van der Waals surface area contributed by atoms with E-state index in [1.807, 2.05) is 0 Å². The molecule has 0 aromatic heterocycles. The van der Waals surface area contributed by atoms with E-state index in [1.165, 1.54) is 64.3 Å². The summed E-state index contributed by atoms with van der Waals surface area (Å²) in [6.45, 7) is 6.00. The average Bonchev–Trinajstić information content (AvgIpc) is 3.07. The largest absolute Gasteiger partial charge is 0.319 e. The molecule has 0 aromatic carbocycles. The fourth-order valence-corrected chi connectivity index (χ4v) is 2.93. The fourth-order valence-electron chi connectivity index (χ4n) is 2.93. The summed E-state index contributed by atoms with van der Waals surface area (Å²) in [5.41, 5.74) is 0.597. The highest BCUT2D eigenvalue weighted by Crippen LogP contribution is 2.48. The molecule has 1 unspecified atom stereocenters. The zero-order valence-electron chi connectivity index (χ0n) is 11.6. The molecule has 1 aliphatic carbocycles. The summed E-state index contributed by atoms with van der Waals surface area (Å²) in [5.74, 6) is 1.02. The topological polar surface area (TPSA) is 12.0 Å². The van der Waals surface area contributed by atoms with Gasteiger partial charge in [-0.05, 0) is 37.6 Å². The van der Waals surface area contributed by atoms with Gasteiger partial charge >= 0.3 is 0 Å². The van der Waals surface area contributed by atoms with Crippen molar-refractivity contribution in [1.29, 1.82) is 0 Å². The predicted molar refractivity (Wildman–Crippen MR) is 72.8 cm³/mol. The average molecular weight is 225 g/mol. The van der Waals surface area contributed by atoms with Crippen LogP contribution in [0.15, 0.2) is 0 Å². The lowest BCUT2D eigenvalue weighted by Gasteiger charge is -2.29. The minimum absolute atomic E-state index is 0.597. The van der Waals surface area contributed by atoms with Crippen LogP contribution in [-0.4, -0.2) is 13.6 Å². The Labute approximate surface area is 102 Å². The van der Waals surface area contributed by atoms with E-state index < -0.39 is 0 Å². The Morgan fingerprint density at radius 3 is 2.25 bits per heavy atom. The molecule has 0 saturated heterocycles. The van der Waals surface area contributed by atoms with Gasteiger partial charge in [-0.25, -0.2) is 0 Å². The van der Waals surface area contributed by atoms with Crippen LogP contribution in [0.2, 0.25) is 0 Å². The van der Waals surface area contributed by atoms with Crippen molar-refractivity contribution in [2.75, 3.05) is 13.6 Å². The van der Waals surface area contributed by atoms with Crippen molar-refractivity contribution in [1.82, 2.24) is 5.32 Å². The highest BCUT2D eigenvalue weighted by Gasteiger charge is 2.40. The van der Waals surface area contributed by atoms with E-state index in [4.69, 9.17) is 0 Å². The molecule has 1 fully saturated rings. The molecule has 1 rings (SSSR count). The first kappa shape index (κ1) is 14.0. The second-order valence-corrected chi connectivity index (χ2v) is 5.98. The molecule has 1 N–H and O–H groups in total. The SMILES string of the molecule is CCCCCCCCC(C)(CNC)C1CC1. The van der Waals surface area contributed by atoms with Crippen molar-refractivity contribution < 1.29 is 0 Å². The highest BCUT2D eigenvalue weighted by atomic mass is 14.8. The maximum absolute atomic E-state index is 3.39. The molecule has 1 heteroatoms. The molecule has 96 valence electrons. The fraction of sp³-hybridized carbons (Fsp3) is 1.00. The van der Waals surface area contributed by atoms with E-state index in [0.717, 1.165) is 5.92 Å². The monoisotopic (exact) mass is 225 g/mol. The lowest BCUT2D eigenvalue weighted by Crippen LogP contribution is -2.31. The maximum atomic E-state index is 3.39. The van der Waals surface area contributed by atoms with Gasteiger partial charge in [-0.2, -0.15) is 0 Å². The first-order valence-electron chi connectivity index (χ1n) is 7.37. The summed E-state index contributed by atoms with van der Waals surface area (Å²) < 4.78 is 0. The lowest BCUT2D eigenvalue weighted by atomic mass is 9.79. The Morgan fingerprint density at radius 2 is 1.69 bits per heavy atom. The van der Waals surface area contributed by atoms with Crippen molar-refractivity contribution in [2.24, 2.45) is 11.3 Å². The number of hydrogen-bond acceptors (Lipinski definition) is 1. The van der Waals surface area contributed by atoms with Gasteiger partial charge in [0.2, 0.25) is 0 Å². The molecule has 16 heavy (non-hydrogen) atoms. The summed E-state index contributed by atoms with van der Waals surface area (Å²) in [6.07, 6.45) is 13.0. The van der Waals surface area contributed by atoms with Crippen LogP contribution in [0, 0.1) is 11.3 Å². The van der Waals surface area contributed by atoms with Gasteiger partial charge in [0.15, 0.2) is 0 Å². The van der Waals surface area contributed by atoms with Gasteiger partial charge in [0.1, 0.15) is 0 Å². The summed E-state index contributed by atoms with van der Waals surface area (Å²) in [4.78, 5) is 0. The van der Waals surface area contributed by atoms with Crippen molar-refractivity contribution in [2.45, 2.75) is 71.6 Å². The smallest absolute Gasteiger partial charge is 0.000481 e. The molecular formula is C15H31N. The third kappa shape index (κ3) is 4.86. The van der Waals surface area contributed by atoms with Gasteiger partial charge in [0.05, 0.1) is 0 Å². The molecular weight excluding hydrogens is 194 g/mol. The van der Waals surface area contributed by atoms with Crippen LogP contribution in [0.3, 0.4) is 0 Å². The van der Waals surface area contributed by atoms with Gasteiger partial charge in [0, 0.05) is 6.54 Å². The zero-order valence-corrected chi connectivity index (χ0v) is 11.6. The van der Waals surface area contributed by atoms with Crippen LogP contribution in [0.4, 0.5) is 0 Å². The Hall–Kier alpha value is -0.0400. The van der Waals surface area contributed by atoms with Gasteiger partial charge in [-0.15, -0.1) is 0 Å². The van der Waals surface area contributed by atoms with Crippen molar-refractivity contribution in [3.63, 3.8) is 0 Å². The quantitative estimate of drug-likeness (QED) is 0.544. The van der Waals surface area contributed by atoms with E-state index in [2.05, 4.69) is 26.2 Å². The first-order chi connectivity index (χ1) is 7.73. The Bertz CT molecular complexity index is 174. The second-order valence-electron chi connectivity index (χ2n) is 5.98. The Morgan fingerprint density at radius 1 is 1.06 bits per heavy atom. The number of nitrogens with one attached hydrogen (secondary N) is 1. The maximum Gasteiger partial charge on any atom is 0.000481 e. The summed E-state index contributed by atoms with van der Waals surface area (Å²) in [7, 11) is 2.10. The van der Waals surface area contributed by atoms with Crippen LogP contribution in [0.25, 0.3) is 0 Å². The molecule has 0 bridgehead atoms. The third-order valence-electron chi connectivity index (χ3n) is 4.25. The van der Waals surface area contributed by atoms with Crippen LogP contribution < -0.4 is 5.32 Å². The minimum Gasteiger partial charge on any atom is -0.319 e. The molecule has 0 amide bonds. The van der Waals surface area contributed by atoms with Crippen LogP contribution in [-0.2, 0) is 0 Å². The van der Waals surface area contributed by atoms with Gasteiger partial charge < -0.3 is 5.32 Å². The zero-order chi connectivity index (χ0) is 11.9. The highest BCUT2D eigenvalue weighted by molar-refractivity contribution is 4.92.